The van der Waals surface area contributed by atoms with Crippen molar-refractivity contribution in [1.29, 1.82) is 0 Å². The fraction of sp³-hybridized carbons (Fsp3) is 0.714. The number of halogens is 1. The van der Waals surface area contributed by atoms with E-state index in [0.717, 1.165) is 25.9 Å². The van der Waals surface area contributed by atoms with Crippen LogP contribution in [0.2, 0.25) is 0 Å². The Bertz CT molecular complexity index is 185. The maximum absolute atomic E-state index is 4.06. The van der Waals surface area contributed by atoms with Gasteiger partial charge in [-0.25, -0.2) is 0 Å². The molecule has 0 saturated heterocycles. The van der Waals surface area contributed by atoms with Crippen molar-refractivity contribution < 1.29 is 0 Å². The molecule has 2 heteroatoms. The zero-order valence-corrected chi connectivity index (χ0v) is 12.1. The third-order valence-electron chi connectivity index (χ3n) is 2.14. The summed E-state index contributed by atoms with van der Waals surface area (Å²) in [6, 6.07) is 0. The average molecular weight is 246 g/mol. The summed E-state index contributed by atoms with van der Waals surface area (Å²) in [6.45, 7) is 18.9. The normalized spacial score (nSPS) is 10.4. The van der Waals surface area contributed by atoms with E-state index in [1.54, 1.807) is 0 Å². The predicted octanol–water partition coefficient (Wildman–Crippen LogP) is 4.20. The van der Waals surface area contributed by atoms with Crippen LogP contribution in [0.15, 0.2) is 24.3 Å². The fourth-order valence-electron chi connectivity index (χ4n) is 1.72. The second-order valence-electron chi connectivity index (χ2n) is 5.30. The Labute approximate surface area is 108 Å². The van der Waals surface area contributed by atoms with Crippen molar-refractivity contribution in [1.82, 2.24) is 5.32 Å². The minimum Gasteiger partial charge on any atom is -0.309 e. The van der Waals surface area contributed by atoms with E-state index in [0.29, 0.717) is 11.8 Å². The van der Waals surface area contributed by atoms with Gasteiger partial charge in [-0.3, -0.25) is 0 Å². The highest BCUT2D eigenvalue weighted by Gasteiger charge is 2.01. The van der Waals surface area contributed by atoms with Gasteiger partial charge in [0.2, 0.25) is 0 Å². The summed E-state index contributed by atoms with van der Waals surface area (Å²) >= 11 is 0. The Kier molecular flexibility index (Phi) is 11.2. The lowest BCUT2D eigenvalue weighted by molar-refractivity contribution is 0.602. The number of nitrogens with one attached hydrogen (secondary N) is 1. The SMILES string of the molecule is C=C(CNCC(=C)CC(C)C)CC(C)C.Cl. The van der Waals surface area contributed by atoms with E-state index in [9.17, 15) is 0 Å². The van der Waals surface area contributed by atoms with Crippen LogP contribution in [-0.2, 0) is 0 Å². The first-order valence-corrected chi connectivity index (χ1v) is 5.95. The molecule has 0 rings (SSSR count). The first kappa shape index (κ1) is 18.1. The molecule has 0 aliphatic carbocycles. The van der Waals surface area contributed by atoms with Crippen molar-refractivity contribution in [3.05, 3.63) is 24.3 Å². The highest BCUT2D eigenvalue weighted by Crippen LogP contribution is 2.09. The molecule has 0 spiro atoms. The van der Waals surface area contributed by atoms with Crippen LogP contribution in [0.4, 0.5) is 0 Å². The van der Waals surface area contributed by atoms with Gasteiger partial charge in [0.05, 0.1) is 0 Å². The maximum atomic E-state index is 4.06. The van der Waals surface area contributed by atoms with E-state index >= 15 is 0 Å². The van der Waals surface area contributed by atoms with E-state index in [1.165, 1.54) is 11.1 Å². The average Bonchev–Trinajstić information content (AvgIpc) is 2.00. The molecular formula is C14H28ClN. The summed E-state index contributed by atoms with van der Waals surface area (Å²) < 4.78 is 0. The lowest BCUT2D eigenvalue weighted by Gasteiger charge is -2.12. The Balaban J connectivity index is 0. The van der Waals surface area contributed by atoms with Gasteiger partial charge in [0.1, 0.15) is 0 Å². The first-order valence-electron chi connectivity index (χ1n) is 5.95. The van der Waals surface area contributed by atoms with Crippen LogP contribution in [0.1, 0.15) is 40.5 Å². The third kappa shape index (κ3) is 11.8. The Morgan fingerprint density at radius 2 is 1.19 bits per heavy atom. The zero-order chi connectivity index (χ0) is 11.8. The minimum atomic E-state index is 0. The minimum absolute atomic E-state index is 0. The Morgan fingerprint density at radius 1 is 0.875 bits per heavy atom. The summed E-state index contributed by atoms with van der Waals surface area (Å²) in [7, 11) is 0. The Hall–Kier alpha value is -0.270. The lowest BCUT2D eigenvalue weighted by atomic mass is 10.0. The van der Waals surface area contributed by atoms with Crippen molar-refractivity contribution in [2.24, 2.45) is 11.8 Å². The number of hydrogen-bond donors (Lipinski definition) is 1. The summed E-state index contributed by atoms with van der Waals surface area (Å²) in [4.78, 5) is 0. The zero-order valence-electron chi connectivity index (χ0n) is 11.3. The van der Waals surface area contributed by atoms with E-state index < -0.39 is 0 Å². The molecule has 0 aromatic heterocycles. The molecular weight excluding hydrogens is 218 g/mol. The van der Waals surface area contributed by atoms with Crippen LogP contribution in [0.5, 0.6) is 0 Å². The lowest BCUT2D eigenvalue weighted by Crippen LogP contribution is -2.20. The van der Waals surface area contributed by atoms with Crippen LogP contribution < -0.4 is 5.32 Å². The number of rotatable bonds is 8. The molecule has 0 unspecified atom stereocenters. The van der Waals surface area contributed by atoms with Gasteiger partial charge in [0.25, 0.3) is 0 Å². The molecule has 0 aliphatic rings. The van der Waals surface area contributed by atoms with Gasteiger partial charge in [-0.1, -0.05) is 52.0 Å². The molecule has 0 heterocycles. The van der Waals surface area contributed by atoms with E-state index in [4.69, 9.17) is 0 Å². The number of hydrogen-bond acceptors (Lipinski definition) is 1. The molecule has 0 bridgehead atoms. The van der Waals surface area contributed by atoms with Crippen molar-refractivity contribution in [3.8, 4) is 0 Å². The molecule has 0 radical (unpaired) electrons. The van der Waals surface area contributed by atoms with Crippen LogP contribution in [0.25, 0.3) is 0 Å². The van der Waals surface area contributed by atoms with Crippen LogP contribution in [0.3, 0.4) is 0 Å². The van der Waals surface area contributed by atoms with Crippen LogP contribution in [-0.4, -0.2) is 13.1 Å². The summed E-state index contributed by atoms with van der Waals surface area (Å²) in [5.74, 6) is 1.41. The summed E-state index contributed by atoms with van der Waals surface area (Å²) in [5.41, 5.74) is 2.59. The van der Waals surface area contributed by atoms with Gasteiger partial charge in [-0.2, -0.15) is 0 Å². The van der Waals surface area contributed by atoms with Gasteiger partial charge in [-0.15, -0.1) is 12.4 Å². The highest BCUT2D eigenvalue weighted by atomic mass is 35.5. The highest BCUT2D eigenvalue weighted by molar-refractivity contribution is 5.85. The van der Waals surface area contributed by atoms with E-state index in [2.05, 4.69) is 46.2 Å². The molecule has 0 fully saturated rings. The van der Waals surface area contributed by atoms with Crippen molar-refractivity contribution in [3.63, 3.8) is 0 Å². The van der Waals surface area contributed by atoms with Gasteiger partial charge in [-0.05, 0) is 24.7 Å². The molecule has 1 nitrogen and oxygen atoms in total. The molecule has 0 aliphatic heterocycles. The van der Waals surface area contributed by atoms with Gasteiger partial charge in [0.15, 0.2) is 0 Å². The predicted molar refractivity (Wildman–Crippen MR) is 77.3 cm³/mol. The van der Waals surface area contributed by atoms with Crippen molar-refractivity contribution in [2.75, 3.05) is 13.1 Å². The smallest absolute Gasteiger partial charge is 0.0165 e. The van der Waals surface area contributed by atoms with Crippen LogP contribution >= 0.6 is 12.4 Å². The summed E-state index contributed by atoms with van der Waals surface area (Å²) in [6.07, 6.45) is 2.23. The third-order valence-corrected chi connectivity index (χ3v) is 2.14. The largest absolute Gasteiger partial charge is 0.309 e. The fourth-order valence-corrected chi connectivity index (χ4v) is 1.72. The second-order valence-corrected chi connectivity index (χ2v) is 5.30. The van der Waals surface area contributed by atoms with E-state index in [-0.39, 0.29) is 12.4 Å². The molecule has 0 aromatic carbocycles. The molecule has 16 heavy (non-hydrogen) atoms. The van der Waals surface area contributed by atoms with Gasteiger partial charge >= 0.3 is 0 Å². The molecule has 96 valence electrons. The molecule has 0 saturated carbocycles. The molecule has 0 atom stereocenters. The van der Waals surface area contributed by atoms with Gasteiger partial charge in [0, 0.05) is 13.1 Å². The topological polar surface area (TPSA) is 12.0 Å². The first-order chi connectivity index (χ1) is 6.91. The van der Waals surface area contributed by atoms with Crippen molar-refractivity contribution in [2.45, 2.75) is 40.5 Å². The molecule has 0 aromatic rings. The van der Waals surface area contributed by atoms with Crippen molar-refractivity contribution >= 4 is 12.4 Å². The maximum Gasteiger partial charge on any atom is 0.0165 e. The van der Waals surface area contributed by atoms with Gasteiger partial charge < -0.3 is 5.32 Å². The standard InChI is InChI=1S/C14H27N.ClH/c1-11(2)7-13(5)9-15-10-14(6)8-12(3)4;/h11-12,15H,5-10H2,1-4H3;1H. The monoisotopic (exact) mass is 245 g/mol. The Morgan fingerprint density at radius 3 is 1.44 bits per heavy atom. The second kappa shape index (κ2) is 9.92. The quantitative estimate of drug-likeness (QED) is 0.632. The van der Waals surface area contributed by atoms with Crippen LogP contribution in [0, 0.1) is 11.8 Å². The van der Waals surface area contributed by atoms with E-state index in [1.807, 2.05) is 0 Å². The summed E-state index contributed by atoms with van der Waals surface area (Å²) in [5, 5.41) is 3.40. The molecule has 1 N–H and O–H groups in total. The molecule has 0 amide bonds.